The van der Waals surface area contributed by atoms with Gasteiger partial charge in [0, 0.05) is 5.56 Å². The minimum Gasteiger partial charge on any atom is -0.380 e. The summed E-state index contributed by atoms with van der Waals surface area (Å²) >= 11 is 0. The molecule has 1 atom stereocenters. The third-order valence-electron chi connectivity index (χ3n) is 5.51. The lowest BCUT2D eigenvalue weighted by Gasteiger charge is -2.28. The Bertz CT molecular complexity index is 511. The lowest BCUT2D eigenvalue weighted by molar-refractivity contribution is 0.163. The van der Waals surface area contributed by atoms with E-state index in [0.717, 1.165) is 24.3 Å². The largest absolute Gasteiger partial charge is 0.380 e. The number of hydrogen-bond donors (Lipinski definition) is 1. The van der Waals surface area contributed by atoms with Gasteiger partial charge in [-0.05, 0) is 48.8 Å². The zero-order valence-electron chi connectivity index (χ0n) is 15.6. The Morgan fingerprint density at radius 2 is 1.67 bits per heavy atom. The number of unbranched alkanes of at least 4 members (excludes halogenated alkanes) is 2. The summed E-state index contributed by atoms with van der Waals surface area (Å²) in [4.78, 5) is 0. The van der Waals surface area contributed by atoms with Crippen LogP contribution in [0.3, 0.4) is 0 Å². The lowest BCUT2D eigenvalue weighted by Crippen LogP contribution is -2.18. The van der Waals surface area contributed by atoms with Crippen LogP contribution in [-0.2, 0) is 6.42 Å². The molecule has 1 heteroatoms. The smallest absolute Gasteiger partial charge is 0.115 e. The van der Waals surface area contributed by atoms with Crippen LogP contribution in [0, 0.1) is 23.7 Å². The maximum Gasteiger partial charge on any atom is 0.115 e. The highest BCUT2D eigenvalue weighted by Gasteiger charge is 2.21. The number of aliphatic hydroxyl groups excluding tert-OH is 1. The molecule has 0 bridgehead atoms. The Hall–Kier alpha value is -1.26. The van der Waals surface area contributed by atoms with Crippen molar-refractivity contribution in [2.75, 3.05) is 0 Å². The van der Waals surface area contributed by atoms with E-state index in [-0.39, 0.29) is 0 Å². The van der Waals surface area contributed by atoms with Crippen LogP contribution < -0.4 is 0 Å². The summed E-state index contributed by atoms with van der Waals surface area (Å²) in [6.07, 6.45) is 11.9. The fraction of sp³-hybridized carbons (Fsp3) is 0.652. The van der Waals surface area contributed by atoms with Crippen LogP contribution in [0.2, 0.25) is 0 Å². The van der Waals surface area contributed by atoms with Crippen LogP contribution >= 0.6 is 0 Å². The predicted octanol–water partition coefficient (Wildman–Crippen LogP) is 5.74. The molecule has 0 heterocycles. The van der Waals surface area contributed by atoms with Crippen molar-refractivity contribution < 1.29 is 5.11 Å². The first-order valence-electron chi connectivity index (χ1n) is 9.99. The van der Waals surface area contributed by atoms with E-state index in [2.05, 4.69) is 50.0 Å². The molecule has 0 saturated heterocycles. The SMILES string of the molecule is CCCCCc1ccc(C#CC(O)CC2CCC(CC)CC2)cc1. The van der Waals surface area contributed by atoms with Gasteiger partial charge in [-0.25, -0.2) is 0 Å². The molecule has 1 unspecified atom stereocenters. The average molecular weight is 327 g/mol. The number of aliphatic hydroxyl groups is 1. The van der Waals surface area contributed by atoms with Crippen molar-refractivity contribution in [3.8, 4) is 11.8 Å². The Balaban J connectivity index is 1.77. The highest BCUT2D eigenvalue weighted by molar-refractivity contribution is 5.36. The monoisotopic (exact) mass is 326 g/mol. The highest BCUT2D eigenvalue weighted by atomic mass is 16.3. The van der Waals surface area contributed by atoms with Crippen molar-refractivity contribution in [3.63, 3.8) is 0 Å². The summed E-state index contributed by atoms with van der Waals surface area (Å²) in [5.74, 6) is 7.78. The molecule has 0 amide bonds. The average Bonchev–Trinajstić information content (AvgIpc) is 2.62. The van der Waals surface area contributed by atoms with E-state index >= 15 is 0 Å². The number of rotatable bonds is 7. The van der Waals surface area contributed by atoms with Gasteiger partial charge in [0.2, 0.25) is 0 Å². The maximum absolute atomic E-state index is 10.2. The summed E-state index contributed by atoms with van der Waals surface area (Å²) in [6.45, 7) is 4.53. The number of benzene rings is 1. The van der Waals surface area contributed by atoms with Crippen LogP contribution in [0.15, 0.2) is 24.3 Å². The van der Waals surface area contributed by atoms with E-state index in [9.17, 15) is 5.11 Å². The molecular weight excluding hydrogens is 292 g/mol. The van der Waals surface area contributed by atoms with Crippen LogP contribution in [0.25, 0.3) is 0 Å². The van der Waals surface area contributed by atoms with Gasteiger partial charge < -0.3 is 5.11 Å². The second-order valence-corrected chi connectivity index (χ2v) is 7.47. The Morgan fingerprint density at radius 1 is 1.00 bits per heavy atom. The normalized spacial score (nSPS) is 21.8. The number of aryl methyl sites for hydroxylation is 1. The molecule has 0 aliphatic heterocycles. The van der Waals surface area contributed by atoms with Gasteiger partial charge in [-0.15, -0.1) is 0 Å². The molecule has 1 nitrogen and oxygen atoms in total. The molecule has 132 valence electrons. The molecule has 0 aromatic heterocycles. The van der Waals surface area contributed by atoms with Gasteiger partial charge in [-0.2, -0.15) is 0 Å². The van der Waals surface area contributed by atoms with Crippen molar-refractivity contribution in [2.45, 2.75) is 84.2 Å². The van der Waals surface area contributed by atoms with Gasteiger partial charge in [0.25, 0.3) is 0 Å². The Morgan fingerprint density at radius 3 is 2.29 bits per heavy atom. The highest BCUT2D eigenvalue weighted by Crippen LogP contribution is 2.32. The molecule has 1 aromatic rings. The van der Waals surface area contributed by atoms with Crippen molar-refractivity contribution in [3.05, 3.63) is 35.4 Å². The molecular formula is C23H34O. The fourth-order valence-corrected chi connectivity index (χ4v) is 3.75. The topological polar surface area (TPSA) is 20.2 Å². The van der Waals surface area contributed by atoms with Gasteiger partial charge in [0.15, 0.2) is 0 Å². The molecule has 24 heavy (non-hydrogen) atoms. The minimum absolute atomic E-state index is 0.475. The summed E-state index contributed by atoms with van der Waals surface area (Å²) in [7, 11) is 0. The summed E-state index contributed by atoms with van der Waals surface area (Å²) in [5, 5.41) is 10.2. The standard InChI is InChI=1S/C23H34O/c1-3-5-6-7-20-10-12-21(13-11-20)16-17-23(24)18-22-14-8-19(4-2)9-15-22/h10-13,19,22-24H,3-9,14-15,18H2,1-2H3. The third-order valence-corrected chi connectivity index (χ3v) is 5.51. The van der Waals surface area contributed by atoms with E-state index in [4.69, 9.17) is 0 Å². The first-order chi connectivity index (χ1) is 11.7. The summed E-state index contributed by atoms with van der Waals surface area (Å²) in [5.41, 5.74) is 2.41. The molecule has 1 aliphatic carbocycles. The van der Waals surface area contributed by atoms with E-state index in [1.54, 1.807) is 0 Å². The first-order valence-corrected chi connectivity index (χ1v) is 9.99. The van der Waals surface area contributed by atoms with Gasteiger partial charge in [0.05, 0.1) is 0 Å². The molecule has 1 saturated carbocycles. The maximum atomic E-state index is 10.2. The zero-order valence-corrected chi connectivity index (χ0v) is 15.6. The van der Waals surface area contributed by atoms with Crippen molar-refractivity contribution >= 4 is 0 Å². The molecule has 1 fully saturated rings. The van der Waals surface area contributed by atoms with Crippen molar-refractivity contribution in [1.82, 2.24) is 0 Å². The first kappa shape index (κ1) is 19.1. The summed E-state index contributed by atoms with van der Waals surface area (Å²) < 4.78 is 0. The predicted molar refractivity (Wildman–Crippen MR) is 103 cm³/mol. The lowest BCUT2D eigenvalue weighted by atomic mass is 9.79. The van der Waals surface area contributed by atoms with E-state index < -0.39 is 6.10 Å². The molecule has 0 spiro atoms. The van der Waals surface area contributed by atoms with Crippen LogP contribution in [0.5, 0.6) is 0 Å². The van der Waals surface area contributed by atoms with E-state index in [0.29, 0.717) is 5.92 Å². The second-order valence-electron chi connectivity index (χ2n) is 7.47. The Labute approximate surface area is 148 Å². The van der Waals surface area contributed by atoms with Gasteiger partial charge in [-0.3, -0.25) is 0 Å². The van der Waals surface area contributed by atoms with Crippen LogP contribution in [0.4, 0.5) is 0 Å². The quantitative estimate of drug-likeness (QED) is 0.500. The van der Waals surface area contributed by atoms with Gasteiger partial charge in [0.1, 0.15) is 6.10 Å². The minimum atomic E-state index is -0.475. The van der Waals surface area contributed by atoms with E-state index in [1.807, 2.05) is 0 Å². The molecule has 1 N–H and O–H groups in total. The zero-order chi connectivity index (χ0) is 17.2. The van der Waals surface area contributed by atoms with Crippen molar-refractivity contribution in [1.29, 1.82) is 0 Å². The second kappa shape index (κ2) is 10.6. The van der Waals surface area contributed by atoms with Gasteiger partial charge in [-0.1, -0.05) is 82.8 Å². The molecule has 1 aromatic carbocycles. The Kier molecular flexibility index (Phi) is 8.40. The van der Waals surface area contributed by atoms with Crippen molar-refractivity contribution in [2.24, 2.45) is 11.8 Å². The summed E-state index contributed by atoms with van der Waals surface area (Å²) in [6, 6.07) is 8.54. The van der Waals surface area contributed by atoms with Crippen LogP contribution in [-0.4, -0.2) is 11.2 Å². The van der Waals surface area contributed by atoms with E-state index in [1.165, 1.54) is 56.9 Å². The third kappa shape index (κ3) is 6.70. The van der Waals surface area contributed by atoms with Gasteiger partial charge >= 0.3 is 0 Å². The number of hydrogen-bond acceptors (Lipinski definition) is 1. The van der Waals surface area contributed by atoms with Crippen LogP contribution in [0.1, 0.15) is 82.8 Å². The molecule has 2 rings (SSSR count). The molecule has 0 radical (unpaired) electrons. The fourth-order valence-electron chi connectivity index (χ4n) is 3.75. The molecule has 1 aliphatic rings.